The van der Waals surface area contributed by atoms with Crippen molar-refractivity contribution in [1.29, 1.82) is 0 Å². The van der Waals surface area contributed by atoms with E-state index >= 15 is 0 Å². The molecule has 1 aromatic rings. The average molecular weight is 385 g/mol. The summed E-state index contributed by atoms with van der Waals surface area (Å²) in [6.07, 6.45) is -3.48. The molecule has 5 nitrogen and oxygen atoms in total. The molecule has 1 aliphatic rings. The molecule has 2 N–H and O–H groups in total. The summed E-state index contributed by atoms with van der Waals surface area (Å²) in [5.41, 5.74) is 2.41. The first kappa shape index (κ1) is 21.5. The van der Waals surface area contributed by atoms with Crippen LogP contribution >= 0.6 is 0 Å². The molecule has 1 aromatic carbocycles. The van der Waals surface area contributed by atoms with E-state index in [-0.39, 0.29) is 12.1 Å². The zero-order valence-corrected chi connectivity index (χ0v) is 16.5. The van der Waals surface area contributed by atoms with Gasteiger partial charge in [0.1, 0.15) is 0 Å². The van der Waals surface area contributed by atoms with Crippen molar-refractivity contribution in [3.05, 3.63) is 35.4 Å². The fourth-order valence-electron chi connectivity index (χ4n) is 3.32. The molecule has 1 saturated heterocycles. The number of aryl methyl sites for hydroxylation is 1. The molecule has 0 saturated carbocycles. The number of guanidine groups is 1. The van der Waals surface area contributed by atoms with Gasteiger partial charge in [0.05, 0.1) is 12.6 Å². The molecule has 0 bridgehead atoms. The van der Waals surface area contributed by atoms with Gasteiger partial charge in [0.2, 0.25) is 0 Å². The van der Waals surface area contributed by atoms with E-state index in [4.69, 9.17) is 0 Å². The number of halogens is 3. The third-order valence-corrected chi connectivity index (χ3v) is 4.79. The van der Waals surface area contributed by atoms with Gasteiger partial charge in [-0.25, -0.2) is 0 Å². The van der Waals surface area contributed by atoms with Crippen LogP contribution in [-0.2, 0) is 0 Å². The van der Waals surface area contributed by atoms with E-state index in [2.05, 4.69) is 51.7 Å². The Morgan fingerprint density at radius 2 is 1.96 bits per heavy atom. The number of hydrogen-bond donors (Lipinski definition) is 2. The summed E-state index contributed by atoms with van der Waals surface area (Å²) in [5, 5.41) is 6.56. The minimum atomic E-state index is -4.15. The monoisotopic (exact) mass is 385 g/mol. The Balaban J connectivity index is 1.88. The van der Waals surface area contributed by atoms with E-state index in [0.29, 0.717) is 32.0 Å². The largest absolute Gasteiger partial charge is 0.401 e. The van der Waals surface area contributed by atoms with Crippen molar-refractivity contribution in [3.63, 3.8) is 0 Å². The maximum Gasteiger partial charge on any atom is 0.401 e. The van der Waals surface area contributed by atoms with Crippen molar-refractivity contribution >= 4 is 5.96 Å². The molecule has 0 radical (unpaired) electrons. The maximum absolute atomic E-state index is 12.5. The summed E-state index contributed by atoms with van der Waals surface area (Å²) < 4.78 is 37.6. The van der Waals surface area contributed by atoms with Gasteiger partial charge in [-0.05, 0) is 33.0 Å². The Labute approximate surface area is 159 Å². The summed E-state index contributed by atoms with van der Waals surface area (Å²) in [7, 11) is 5.72. The van der Waals surface area contributed by atoms with Gasteiger partial charge < -0.3 is 15.5 Å². The molecule has 0 aliphatic carbocycles. The Bertz CT molecular complexity index is 613. The van der Waals surface area contributed by atoms with E-state index in [0.717, 1.165) is 0 Å². The van der Waals surface area contributed by atoms with Gasteiger partial charge in [-0.3, -0.25) is 9.89 Å². The third-order valence-electron chi connectivity index (χ3n) is 4.79. The van der Waals surface area contributed by atoms with Crippen LogP contribution in [0.25, 0.3) is 0 Å². The SMILES string of the molecule is CN=C(NCC(c1ccc(C)cc1)N(C)C)NC1CCN(CC(F)(F)F)C1. The fraction of sp³-hybridized carbons (Fsp3) is 0.632. The smallest absolute Gasteiger partial charge is 0.354 e. The topological polar surface area (TPSA) is 42.9 Å². The zero-order chi connectivity index (χ0) is 20.0. The van der Waals surface area contributed by atoms with E-state index < -0.39 is 12.7 Å². The lowest BCUT2D eigenvalue weighted by atomic mass is 10.0. The predicted molar refractivity (Wildman–Crippen MR) is 103 cm³/mol. The van der Waals surface area contributed by atoms with Crippen molar-refractivity contribution in [2.24, 2.45) is 4.99 Å². The Hall–Kier alpha value is -1.80. The molecule has 27 heavy (non-hydrogen) atoms. The van der Waals surface area contributed by atoms with Gasteiger partial charge in [-0.15, -0.1) is 0 Å². The van der Waals surface area contributed by atoms with Crippen molar-refractivity contribution in [3.8, 4) is 0 Å². The Morgan fingerprint density at radius 3 is 2.52 bits per heavy atom. The highest BCUT2D eigenvalue weighted by Gasteiger charge is 2.34. The molecule has 2 unspecified atom stereocenters. The zero-order valence-electron chi connectivity index (χ0n) is 16.5. The van der Waals surface area contributed by atoms with E-state index in [9.17, 15) is 13.2 Å². The van der Waals surface area contributed by atoms with Crippen LogP contribution in [0, 0.1) is 6.92 Å². The minimum absolute atomic E-state index is 0.0317. The second-order valence-corrected chi connectivity index (χ2v) is 7.32. The number of aliphatic imine (C=N–C) groups is 1. The van der Waals surface area contributed by atoms with Crippen LogP contribution in [0.1, 0.15) is 23.6 Å². The number of nitrogens with one attached hydrogen (secondary N) is 2. The second-order valence-electron chi connectivity index (χ2n) is 7.32. The Morgan fingerprint density at radius 1 is 1.30 bits per heavy atom. The van der Waals surface area contributed by atoms with Crippen LogP contribution in [0.3, 0.4) is 0 Å². The molecule has 0 amide bonds. The fourth-order valence-corrected chi connectivity index (χ4v) is 3.32. The maximum atomic E-state index is 12.5. The first-order chi connectivity index (χ1) is 12.7. The van der Waals surface area contributed by atoms with Gasteiger partial charge in [0.15, 0.2) is 5.96 Å². The summed E-state index contributed by atoms with van der Waals surface area (Å²) in [6.45, 7) is 2.66. The van der Waals surface area contributed by atoms with Crippen LogP contribution in [0.15, 0.2) is 29.3 Å². The van der Waals surface area contributed by atoms with Crippen LogP contribution in [0.2, 0.25) is 0 Å². The molecule has 2 atom stereocenters. The molecule has 152 valence electrons. The number of likely N-dealkylation sites (tertiary alicyclic amines) is 1. The van der Waals surface area contributed by atoms with Crippen LogP contribution in [0.4, 0.5) is 13.2 Å². The molecular formula is C19H30F3N5. The molecule has 1 heterocycles. The number of benzene rings is 1. The first-order valence-electron chi connectivity index (χ1n) is 9.17. The summed E-state index contributed by atoms with van der Waals surface area (Å²) in [4.78, 5) is 7.79. The third kappa shape index (κ3) is 7.03. The highest BCUT2D eigenvalue weighted by atomic mass is 19.4. The van der Waals surface area contributed by atoms with Crippen molar-refractivity contribution < 1.29 is 13.2 Å². The summed E-state index contributed by atoms with van der Waals surface area (Å²) >= 11 is 0. The number of hydrogen-bond acceptors (Lipinski definition) is 3. The predicted octanol–water partition coefficient (Wildman–Crippen LogP) is 2.40. The lowest BCUT2D eigenvalue weighted by Crippen LogP contribution is -2.47. The molecule has 1 fully saturated rings. The second kappa shape index (κ2) is 9.41. The molecule has 0 aromatic heterocycles. The summed E-state index contributed by atoms with van der Waals surface area (Å²) in [5.74, 6) is 0.618. The molecule has 2 rings (SSSR count). The molecule has 8 heteroatoms. The van der Waals surface area contributed by atoms with Crippen LogP contribution in [-0.4, -0.2) is 75.3 Å². The quantitative estimate of drug-likeness (QED) is 0.583. The van der Waals surface area contributed by atoms with Gasteiger partial charge in [0.25, 0.3) is 0 Å². The average Bonchev–Trinajstić information content (AvgIpc) is 3.00. The summed E-state index contributed by atoms with van der Waals surface area (Å²) in [6, 6.07) is 8.54. The standard InChI is InChI=1S/C19H30F3N5/c1-14-5-7-15(8-6-14)17(26(3)4)11-24-18(23-2)25-16-9-10-27(12-16)13-19(20,21)22/h5-8,16-17H,9-13H2,1-4H3,(H2,23,24,25). The van der Waals surface area contributed by atoms with Crippen molar-refractivity contribution in [2.75, 3.05) is 47.3 Å². The van der Waals surface area contributed by atoms with E-state index in [1.165, 1.54) is 16.0 Å². The lowest BCUT2D eigenvalue weighted by Gasteiger charge is -2.27. The van der Waals surface area contributed by atoms with Crippen LogP contribution < -0.4 is 10.6 Å². The number of rotatable bonds is 6. The Kier molecular flexibility index (Phi) is 7.49. The number of likely N-dealkylation sites (N-methyl/N-ethyl adjacent to an activating group) is 1. The number of alkyl halides is 3. The van der Waals surface area contributed by atoms with Crippen molar-refractivity contribution in [1.82, 2.24) is 20.4 Å². The molecular weight excluding hydrogens is 355 g/mol. The van der Waals surface area contributed by atoms with Gasteiger partial charge in [0, 0.05) is 32.7 Å². The van der Waals surface area contributed by atoms with Crippen molar-refractivity contribution in [2.45, 2.75) is 31.6 Å². The first-order valence-corrected chi connectivity index (χ1v) is 9.17. The van der Waals surface area contributed by atoms with E-state index in [1.54, 1.807) is 7.05 Å². The van der Waals surface area contributed by atoms with Gasteiger partial charge in [-0.2, -0.15) is 13.2 Å². The minimum Gasteiger partial charge on any atom is -0.354 e. The van der Waals surface area contributed by atoms with E-state index in [1.807, 2.05) is 14.1 Å². The van der Waals surface area contributed by atoms with Crippen LogP contribution in [0.5, 0.6) is 0 Å². The normalized spacial score (nSPS) is 20.1. The van der Waals surface area contributed by atoms with Gasteiger partial charge in [-0.1, -0.05) is 29.8 Å². The van der Waals surface area contributed by atoms with Gasteiger partial charge >= 0.3 is 6.18 Å². The molecule has 1 aliphatic heterocycles. The molecule has 0 spiro atoms. The highest BCUT2D eigenvalue weighted by Crippen LogP contribution is 2.20. The lowest BCUT2D eigenvalue weighted by molar-refractivity contribution is -0.143. The number of nitrogens with zero attached hydrogens (tertiary/aromatic N) is 3. The highest BCUT2D eigenvalue weighted by molar-refractivity contribution is 5.80.